The van der Waals surface area contributed by atoms with Gasteiger partial charge in [-0.25, -0.2) is 0 Å². The molecule has 74 valence electrons. The number of ketones is 1. The van der Waals surface area contributed by atoms with Gasteiger partial charge in [-0.3, -0.25) is 4.79 Å². The summed E-state index contributed by atoms with van der Waals surface area (Å²) in [6.07, 6.45) is 7.22. The fraction of sp³-hybridized carbons (Fsp3) is 0.909. The van der Waals surface area contributed by atoms with E-state index in [-0.39, 0.29) is 5.54 Å². The quantitative estimate of drug-likeness (QED) is 0.669. The highest BCUT2D eigenvalue weighted by molar-refractivity contribution is 5.90. The third-order valence-corrected chi connectivity index (χ3v) is 3.85. The molecule has 1 unspecified atom stereocenters. The zero-order valence-corrected chi connectivity index (χ0v) is 8.44. The Morgan fingerprint density at radius 2 is 2.00 bits per heavy atom. The maximum absolute atomic E-state index is 11.7. The lowest BCUT2D eigenvalue weighted by Crippen LogP contribution is -2.49. The van der Waals surface area contributed by atoms with Crippen LogP contribution in [0.4, 0.5) is 0 Å². The standard InChI is InChI=1S/C11H19NO/c1-11(10(13)7-8-12-11)9-5-3-2-4-6-9/h9,12H,2-8H2,1H3. The van der Waals surface area contributed by atoms with Gasteiger partial charge in [0.1, 0.15) is 0 Å². The number of rotatable bonds is 1. The van der Waals surface area contributed by atoms with Crippen molar-refractivity contribution in [2.45, 2.75) is 51.0 Å². The van der Waals surface area contributed by atoms with Gasteiger partial charge < -0.3 is 5.32 Å². The maximum Gasteiger partial charge on any atom is 0.154 e. The van der Waals surface area contributed by atoms with Crippen LogP contribution in [0.15, 0.2) is 0 Å². The molecule has 1 heterocycles. The summed E-state index contributed by atoms with van der Waals surface area (Å²) in [6, 6.07) is 0. The molecule has 2 nitrogen and oxygen atoms in total. The smallest absolute Gasteiger partial charge is 0.154 e. The molecular formula is C11H19NO. The highest BCUT2D eigenvalue weighted by atomic mass is 16.1. The average molecular weight is 181 g/mol. The van der Waals surface area contributed by atoms with Gasteiger partial charge in [0, 0.05) is 13.0 Å². The van der Waals surface area contributed by atoms with Gasteiger partial charge in [0.05, 0.1) is 5.54 Å². The van der Waals surface area contributed by atoms with E-state index in [1.165, 1.54) is 32.1 Å². The molecule has 0 aromatic rings. The summed E-state index contributed by atoms with van der Waals surface area (Å²) in [6.45, 7) is 3.00. The van der Waals surface area contributed by atoms with Crippen LogP contribution in [0.3, 0.4) is 0 Å². The Labute approximate surface area is 80.1 Å². The molecule has 2 fully saturated rings. The lowest BCUT2D eigenvalue weighted by atomic mass is 9.74. The summed E-state index contributed by atoms with van der Waals surface area (Å²) in [4.78, 5) is 11.7. The maximum atomic E-state index is 11.7. The molecule has 2 aliphatic rings. The fourth-order valence-corrected chi connectivity index (χ4v) is 2.85. The molecule has 13 heavy (non-hydrogen) atoms. The Bertz CT molecular complexity index is 208. The van der Waals surface area contributed by atoms with Gasteiger partial charge >= 0.3 is 0 Å². The van der Waals surface area contributed by atoms with E-state index in [0.29, 0.717) is 11.7 Å². The minimum atomic E-state index is -0.166. The minimum Gasteiger partial charge on any atom is -0.304 e. The summed E-state index contributed by atoms with van der Waals surface area (Å²) in [5.41, 5.74) is -0.166. The molecule has 0 aromatic heterocycles. The van der Waals surface area contributed by atoms with Gasteiger partial charge in [0.15, 0.2) is 5.78 Å². The van der Waals surface area contributed by atoms with Crippen LogP contribution in [0.2, 0.25) is 0 Å². The van der Waals surface area contributed by atoms with Gasteiger partial charge in [-0.1, -0.05) is 19.3 Å². The molecule has 1 atom stereocenters. The van der Waals surface area contributed by atoms with Gasteiger partial charge in [0.2, 0.25) is 0 Å². The van der Waals surface area contributed by atoms with E-state index < -0.39 is 0 Å². The lowest BCUT2D eigenvalue weighted by molar-refractivity contribution is -0.124. The van der Waals surface area contributed by atoms with Crippen molar-refractivity contribution in [3.8, 4) is 0 Å². The third-order valence-electron chi connectivity index (χ3n) is 3.85. The Morgan fingerprint density at radius 1 is 1.31 bits per heavy atom. The van der Waals surface area contributed by atoms with E-state index in [4.69, 9.17) is 0 Å². The second kappa shape index (κ2) is 3.41. The van der Waals surface area contributed by atoms with Crippen molar-refractivity contribution >= 4 is 5.78 Å². The SMILES string of the molecule is CC1(C2CCCCC2)NCCC1=O. The van der Waals surface area contributed by atoms with Gasteiger partial charge in [0.25, 0.3) is 0 Å². The molecule has 1 aliphatic carbocycles. The van der Waals surface area contributed by atoms with Crippen molar-refractivity contribution in [3.63, 3.8) is 0 Å². The molecule has 2 heteroatoms. The predicted molar refractivity (Wildman–Crippen MR) is 52.6 cm³/mol. The molecule has 0 radical (unpaired) electrons. The molecule has 2 rings (SSSR count). The van der Waals surface area contributed by atoms with Crippen LogP contribution in [0, 0.1) is 5.92 Å². The molecule has 1 N–H and O–H groups in total. The molecule has 0 aromatic carbocycles. The monoisotopic (exact) mass is 181 g/mol. The first-order valence-electron chi connectivity index (χ1n) is 5.52. The Morgan fingerprint density at radius 3 is 2.54 bits per heavy atom. The van der Waals surface area contributed by atoms with E-state index in [9.17, 15) is 4.79 Å². The van der Waals surface area contributed by atoms with E-state index in [1.807, 2.05) is 0 Å². The number of Topliss-reactive ketones (excluding diaryl/α,β-unsaturated/α-hetero) is 1. The van der Waals surface area contributed by atoms with Crippen LogP contribution in [0.5, 0.6) is 0 Å². The molecule has 1 saturated carbocycles. The summed E-state index contributed by atoms with van der Waals surface area (Å²) in [5.74, 6) is 1.05. The van der Waals surface area contributed by atoms with Crippen molar-refractivity contribution in [3.05, 3.63) is 0 Å². The van der Waals surface area contributed by atoms with Gasteiger partial charge in [-0.15, -0.1) is 0 Å². The summed E-state index contributed by atoms with van der Waals surface area (Å²) < 4.78 is 0. The van der Waals surface area contributed by atoms with Crippen LogP contribution >= 0.6 is 0 Å². The summed E-state index contributed by atoms with van der Waals surface area (Å²) >= 11 is 0. The Hall–Kier alpha value is -0.370. The molecule has 0 amide bonds. The summed E-state index contributed by atoms with van der Waals surface area (Å²) in [7, 11) is 0. The predicted octanol–water partition coefficient (Wildman–Crippen LogP) is 1.89. The number of carbonyl (C=O) groups excluding carboxylic acids is 1. The van der Waals surface area contributed by atoms with Crippen molar-refractivity contribution < 1.29 is 4.79 Å². The van der Waals surface area contributed by atoms with E-state index in [0.717, 1.165) is 13.0 Å². The molecule has 0 spiro atoms. The zero-order valence-electron chi connectivity index (χ0n) is 8.44. The van der Waals surface area contributed by atoms with Crippen molar-refractivity contribution in [1.82, 2.24) is 5.32 Å². The zero-order chi connectivity index (χ0) is 9.31. The third kappa shape index (κ3) is 1.52. The van der Waals surface area contributed by atoms with Crippen LogP contribution in [0.25, 0.3) is 0 Å². The fourth-order valence-electron chi connectivity index (χ4n) is 2.85. The van der Waals surface area contributed by atoms with E-state index >= 15 is 0 Å². The van der Waals surface area contributed by atoms with Gasteiger partial charge in [-0.2, -0.15) is 0 Å². The first kappa shape index (κ1) is 9.20. The van der Waals surface area contributed by atoms with Crippen molar-refractivity contribution in [2.24, 2.45) is 5.92 Å². The first-order valence-corrected chi connectivity index (χ1v) is 5.52. The Kier molecular flexibility index (Phi) is 2.41. The Balaban J connectivity index is 2.08. The second-order valence-corrected chi connectivity index (χ2v) is 4.64. The summed E-state index contributed by atoms with van der Waals surface area (Å²) in [5, 5.41) is 3.40. The normalized spacial score (nSPS) is 36.8. The number of hydrogen-bond donors (Lipinski definition) is 1. The molecule has 0 bridgehead atoms. The van der Waals surface area contributed by atoms with Crippen LogP contribution in [-0.4, -0.2) is 17.9 Å². The highest BCUT2D eigenvalue weighted by Gasteiger charge is 2.43. The molecule has 1 aliphatic heterocycles. The first-order chi connectivity index (χ1) is 6.23. The topological polar surface area (TPSA) is 29.1 Å². The molecular weight excluding hydrogens is 162 g/mol. The minimum absolute atomic E-state index is 0.166. The van der Waals surface area contributed by atoms with E-state index in [1.54, 1.807) is 0 Å². The average Bonchev–Trinajstić information content (AvgIpc) is 2.50. The van der Waals surface area contributed by atoms with Gasteiger partial charge in [-0.05, 0) is 25.7 Å². The lowest BCUT2D eigenvalue weighted by Gasteiger charge is -2.35. The highest BCUT2D eigenvalue weighted by Crippen LogP contribution is 2.35. The molecule has 1 saturated heterocycles. The van der Waals surface area contributed by atoms with Crippen molar-refractivity contribution in [2.75, 3.05) is 6.54 Å². The van der Waals surface area contributed by atoms with Crippen LogP contribution < -0.4 is 5.32 Å². The van der Waals surface area contributed by atoms with E-state index in [2.05, 4.69) is 12.2 Å². The number of nitrogens with one attached hydrogen (secondary N) is 1. The number of hydrogen-bond acceptors (Lipinski definition) is 2. The van der Waals surface area contributed by atoms with Crippen molar-refractivity contribution in [1.29, 1.82) is 0 Å². The second-order valence-electron chi connectivity index (χ2n) is 4.64. The largest absolute Gasteiger partial charge is 0.304 e. The van der Waals surface area contributed by atoms with Crippen LogP contribution in [0.1, 0.15) is 45.4 Å². The van der Waals surface area contributed by atoms with Crippen LogP contribution in [-0.2, 0) is 4.79 Å². The number of carbonyl (C=O) groups is 1.